The number of ether oxygens (including phenoxy) is 2. The normalized spacial score (nSPS) is 16.1. The van der Waals surface area contributed by atoms with Gasteiger partial charge >= 0.3 is 0 Å². The van der Waals surface area contributed by atoms with Gasteiger partial charge in [0, 0.05) is 18.5 Å². The van der Waals surface area contributed by atoms with Crippen molar-refractivity contribution in [2.75, 3.05) is 13.7 Å². The summed E-state index contributed by atoms with van der Waals surface area (Å²) in [6.07, 6.45) is 2.06. The second-order valence-corrected chi connectivity index (χ2v) is 7.23. The number of methoxy groups -OCH3 is 1. The molecule has 0 radical (unpaired) electrons. The molecule has 1 saturated heterocycles. The Morgan fingerprint density at radius 3 is 2.77 bits per heavy atom. The van der Waals surface area contributed by atoms with E-state index in [4.69, 9.17) is 14.0 Å². The van der Waals surface area contributed by atoms with Crippen molar-refractivity contribution in [2.24, 2.45) is 0 Å². The number of hydrogen-bond acceptors (Lipinski definition) is 6. The third kappa shape index (κ3) is 4.15. The quantitative estimate of drug-likeness (QED) is 0.551. The van der Waals surface area contributed by atoms with Crippen LogP contribution in [0.15, 0.2) is 53.1 Å². The van der Waals surface area contributed by atoms with Crippen LogP contribution in [-0.4, -0.2) is 34.7 Å². The second kappa shape index (κ2) is 8.98. The molecule has 1 unspecified atom stereocenters. The first-order chi connectivity index (χ1) is 14.7. The van der Waals surface area contributed by atoms with Gasteiger partial charge in [-0.05, 0) is 36.6 Å². The molecule has 0 spiro atoms. The number of rotatable bonds is 8. The van der Waals surface area contributed by atoms with Gasteiger partial charge in [-0.2, -0.15) is 4.98 Å². The number of benzene rings is 2. The highest BCUT2D eigenvalue weighted by atomic mass is 16.5. The molecule has 1 atom stereocenters. The lowest BCUT2D eigenvalue weighted by Crippen LogP contribution is -2.27. The van der Waals surface area contributed by atoms with E-state index in [1.807, 2.05) is 53.4 Å². The first-order valence-corrected chi connectivity index (χ1v) is 10.2. The average Bonchev–Trinajstić information content (AvgIpc) is 3.40. The monoisotopic (exact) mass is 407 g/mol. The van der Waals surface area contributed by atoms with Crippen molar-refractivity contribution >= 4 is 5.91 Å². The molecule has 0 aliphatic carbocycles. The van der Waals surface area contributed by atoms with E-state index in [2.05, 4.69) is 17.1 Å². The molecular formula is C23H25N3O4. The molecule has 0 bridgehead atoms. The van der Waals surface area contributed by atoms with Crippen LogP contribution >= 0.6 is 0 Å². The summed E-state index contributed by atoms with van der Waals surface area (Å²) < 4.78 is 16.7. The highest BCUT2D eigenvalue weighted by Gasteiger charge is 2.36. The smallest absolute Gasteiger partial charge is 0.249 e. The summed E-state index contributed by atoms with van der Waals surface area (Å²) in [6, 6.07) is 15.3. The van der Waals surface area contributed by atoms with Crippen molar-refractivity contribution in [1.29, 1.82) is 0 Å². The number of likely N-dealkylation sites (tertiary alicyclic amines) is 1. The fraction of sp³-hybridized carbons (Fsp3) is 0.348. The highest BCUT2D eigenvalue weighted by molar-refractivity contribution is 5.78. The van der Waals surface area contributed by atoms with Crippen molar-refractivity contribution in [1.82, 2.24) is 15.0 Å². The molecule has 0 saturated carbocycles. The Balaban J connectivity index is 1.55. The lowest BCUT2D eigenvalue weighted by molar-refractivity contribution is -0.129. The zero-order chi connectivity index (χ0) is 20.9. The van der Waals surface area contributed by atoms with Crippen molar-refractivity contribution < 1.29 is 18.8 Å². The van der Waals surface area contributed by atoms with Gasteiger partial charge in [-0.3, -0.25) is 4.79 Å². The van der Waals surface area contributed by atoms with Gasteiger partial charge in [0.25, 0.3) is 0 Å². The van der Waals surface area contributed by atoms with Crippen LogP contribution in [0.5, 0.6) is 11.5 Å². The summed E-state index contributed by atoms with van der Waals surface area (Å²) in [5, 5.41) is 4.14. The zero-order valence-corrected chi connectivity index (χ0v) is 17.2. The van der Waals surface area contributed by atoms with Gasteiger partial charge < -0.3 is 18.9 Å². The predicted molar refractivity (Wildman–Crippen MR) is 111 cm³/mol. The lowest BCUT2D eigenvalue weighted by atomic mass is 10.1. The number of aromatic nitrogens is 2. The van der Waals surface area contributed by atoms with Crippen LogP contribution in [0.4, 0.5) is 0 Å². The van der Waals surface area contributed by atoms with E-state index in [9.17, 15) is 4.79 Å². The molecule has 7 nitrogen and oxygen atoms in total. The first-order valence-electron chi connectivity index (χ1n) is 10.2. The van der Waals surface area contributed by atoms with Gasteiger partial charge in [-0.1, -0.05) is 42.4 Å². The Labute approximate surface area is 175 Å². The fourth-order valence-corrected chi connectivity index (χ4v) is 3.59. The topological polar surface area (TPSA) is 77.7 Å². The van der Waals surface area contributed by atoms with E-state index < -0.39 is 0 Å². The average molecular weight is 407 g/mol. The molecule has 2 heterocycles. The molecule has 0 N–H and O–H groups in total. The summed E-state index contributed by atoms with van der Waals surface area (Å²) in [4.78, 5) is 18.9. The molecule has 4 rings (SSSR count). The third-order valence-corrected chi connectivity index (χ3v) is 5.13. The maximum Gasteiger partial charge on any atom is 0.249 e. The van der Waals surface area contributed by atoms with Crippen molar-refractivity contribution in [3.63, 3.8) is 0 Å². The fourth-order valence-electron chi connectivity index (χ4n) is 3.59. The molecule has 1 aromatic heterocycles. The summed E-state index contributed by atoms with van der Waals surface area (Å²) in [7, 11) is 1.60. The zero-order valence-electron chi connectivity index (χ0n) is 17.2. The van der Waals surface area contributed by atoms with E-state index in [-0.39, 0.29) is 11.9 Å². The summed E-state index contributed by atoms with van der Waals surface area (Å²) >= 11 is 0. The van der Waals surface area contributed by atoms with Crippen LogP contribution in [0, 0.1) is 0 Å². The van der Waals surface area contributed by atoms with E-state index >= 15 is 0 Å². The van der Waals surface area contributed by atoms with Gasteiger partial charge in [-0.25, -0.2) is 0 Å². The molecule has 1 aliphatic heterocycles. The van der Waals surface area contributed by atoms with Crippen LogP contribution in [0.3, 0.4) is 0 Å². The largest absolute Gasteiger partial charge is 0.493 e. The van der Waals surface area contributed by atoms with Gasteiger partial charge in [0.1, 0.15) is 6.04 Å². The number of carbonyl (C=O) groups excluding carboxylic acids is 1. The highest BCUT2D eigenvalue weighted by Crippen LogP contribution is 2.35. The molecule has 156 valence electrons. The minimum Gasteiger partial charge on any atom is -0.493 e. The Hall–Kier alpha value is -3.35. The van der Waals surface area contributed by atoms with Gasteiger partial charge in [0.05, 0.1) is 13.7 Å². The van der Waals surface area contributed by atoms with Crippen LogP contribution < -0.4 is 9.47 Å². The van der Waals surface area contributed by atoms with Crippen LogP contribution in [0.25, 0.3) is 11.4 Å². The SMILES string of the molecule is CCCOc1ccc(-c2noc(C3CCC(=O)N3Cc3ccccc3)n2)cc1OC. The molecule has 3 aromatic rings. The third-order valence-electron chi connectivity index (χ3n) is 5.13. The van der Waals surface area contributed by atoms with Gasteiger partial charge in [0.2, 0.25) is 17.6 Å². The van der Waals surface area contributed by atoms with Crippen molar-refractivity contribution in [3.8, 4) is 22.9 Å². The molecule has 7 heteroatoms. The van der Waals surface area contributed by atoms with E-state index in [0.717, 1.165) is 17.5 Å². The summed E-state index contributed by atoms with van der Waals surface area (Å²) in [6.45, 7) is 3.20. The second-order valence-electron chi connectivity index (χ2n) is 7.23. The Kier molecular flexibility index (Phi) is 5.97. The molecule has 1 amide bonds. The van der Waals surface area contributed by atoms with Crippen LogP contribution in [0.2, 0.25) is 0 Å². The van der Waals surface area contributed by atoms with Crippen LogP contribution in [0.1, 0.15) is 43.7 Å². The Morgan fingerprint density at radius 1 is 1.17 bits per heavy atom. The van der Waals surface area contributed by atoms with Gasteiger partial charge in [0.15, 0.2) is 11.5 Å². The lowest BCUT2D eigenvalue weighted by Gasteiger charge is -2.22. The minimum atomic E-state index is -0.215. The molecular weight excluding hydrogens is 382 g/mol. The van der Waals surface area contributed by atoms with Gasteiger partial charge in [-0.15, -0.1) is 0 Å². The van der Waals surface area contributed by atoms with E-state index in [0.29, 0.717) is 49.2 Å². The molecule has 30 heavy (non-hydrogen) atoms. The minimum absolute atomic E-state index is 0.0997. The molecule has 1 fully saturated rings. The maximum atomic E-state index is 12.5. The molecule has 2 aromatic carbocycles. The number of hydrogen-bond donors (Lipinski definition) is 0. The van der Waals surface area contributed by atoms with Crippen molar-refractivity contribution in [2.45, 2.75) is 38.8 Å². The number of carbonyl (C=O) groups is 1. The van der Waals surface area contributed by atoms with Crippen molar-refractivity contribution in [3.05, 3.63) is 60.0 Å². The summed E-state index contributed by atoms with van der Waals surface area (Å²) in [5.41, 5.74) is 1.84. The standard InChI is InChI=1S/C23H25N3O4/c1-3-13-29-19-11-9-17(14-20(19)28-2)22-24-23(30-25-22)18-10-12-21(27)26(18)15-16-7-5-4-6-8-16/h4-9,11,14,18H,3,10,12-13,15H2,1-2H3. The number of amides is 1. The Bertz CT molecular complexity index is 1000. The van der Waals surface area contributed by atoms with E-state index in [1.54, 1.807) is 7.11 Å². The molecule has 1 aliphatic rings. The summed E-state index contributed by atoms with van der Waals surface area (Å²) in [5.74, 6) is 2.32. The predicted octanol–water partition coefficient (Wildman–Crippen LogP) is 4.40. The van der Waals surface area contributed by atoms with E-state index in [1.165, 1.54) is 0 Å². The number of nitrogens with zero attached hydrogens (tertiary/aromatic N) is 3. The maximum absolute atomic E-state index is 12.5. The first kappa shape index (κ1) is 19.9. The Morgan fingerprint density at radius 2 is 2.00 bits per heavy atom. The van der Waals surface area contributed by atoms with Crippen LogP contribution in [-0.2, 0) is 11.3 Å².